The first-order valence-electron chi connectivity index (χ1n) is 11.1. The Morgan fingerprint density at radius 2 is 2.00 bits per heavy atom. The second kappa shape index (κ2) is 8.18. The molecule has 0 spiro atoms. The number of rotatable bonds is 3. The van der Waals surface area contributed by atoms with Gasteiger partial charge in [-0.2, -0.15) is 0 Å². The fraction of sp³-hybridized carbons (Fsp3) is 0.417. The van der Waals surface area contributed by atoms with Gasteiger partial charge in [-0.15, -0.1) is 0 Å². The van der Waals surface area contributed by atoms with Crippen LogP contribution in [0.1, 0.15) is 39.3 Å². The first-order chi connectivity index (χ1) is 15.4. The molecule has 3 aliphatic rings. The molecule has 32 heavy (non-hydrogen) atoms. The van der Waals surface area contributed by atoms with E-state index in [-0.39, 0.29) is 11.8 Å². The third-order valence-corrected chi connectivity index (χ3v) is 6.76. The van der Waals surface area contributed by atoms with E-state index in [2.05, 4.69) is 15.2 Å². The Kier molecular flexibility index (Phi) is 5.35. The number of carbonyl (C=O) groups is 2. The van der Waals surface area contributed by atoms with Crippen LogP contribution in [-0.2, 0) is 9.53 Å². The van der Waals surface area contributed by atoms with Crippen LogP contribution >= 0.6 is 0 Å². The van der Waals surface area contributed by atoms with Gasteiger partial charge in [-0.1, -0.05) is 0 Å². The fourth-order valence-electron chi connectivity index (χ4n) is 5.01. The number of aromatic amines is 1. The number of hydrogen-bond acceptors (Lipinski definition) is 4. The van der Waals surface area contributed by atoms with E-state index in [1.54, 1.807) is 12.1 Å². The summed E-state index contributed by atoms with van der Waals surface area (Å²) in [6, 6.07) is 4.61. The molecule has 3 aliphatic heterocycles. The highest BCUT2D eigenvalue weighted by Gasteiger charge is 2.33. The summed E-state index contributed by atoms with van der Waals surface area (Å²) in [5.74, 6) is -0.665. The second-order valence-electron chi connectivity index (χ2n) is 8.71. The summed E-state index contributed by atoms with van der Waals surface area (Å²) < 4.78 is 19.2. The largest absolute Gasteiger partial charge is 0.379 e. The minimum Gasteiger partial charge on any atom is -0.379 e. The lowest BCUT2D eigenvalue weighted by atomic mass is 10.0. The van der Waals surface area contributed by atoms with E-state index < -0.39 is 5.82 Å². The van der Waals surface area contributed by atoms with Crippen molar-refractivity contribution in [3.63, 3.8) is 0 Å². The van der Waals surface area contributed by atoms with Gasteiger partial charge in [0.25, 0.3) is 11.8 Å². The van der Waals surface area contributed by atoms with Crippen LogP contribution in [0.3, 0.4) is 0 Å². The van der Waals surface area contributed by atoms with Crippen molar-refractivity contribution < 1.29 is 18.7 Å². The maximum Gasteiger partial charge on any atom is 0.256 e. The molecule has 4 heterocycles. The van der Waals surface area contributed by atoms with Crippen molar-refractivity contribution >= 4 is 29.2 Å². The number of morpholine rings is 1. The van der Waals surface area contributed by atoms with Crippen LogP contribution in [0.5, 0.6) is 0 Å². The topological polar surface area (TPSA) is 77.7 Å². The summed E-state index contributed by atoms with van der Waals surface area (Å²) in [6.07, 6.45) is 2.67. The molecule has 8 heteroatoms. The molecule has 0 bridgehead atoms. The highest BCUT2D eigenvalue weighted by atomic mass is 19.1. The monoisotopic (exact) mass is 438 g/mol. The Morgan fingerprint density at radius 1 is 1.22 bits per heavy atom. The van der Waals surface area contributed by atoms with Crippen LogP contribution in [0.4, 0.5) is 10.1 Å². The fourth-order valence-corrected chi connectivity index (χ4v) is 5.01. The molecule has 2 aromatic rings. The van der Waals surface area contributed by atoms with Gasteiger partial charge in [-0.25, -0.2) is 4.39 Å². The number of hydrogen-bond donors (Lipinski definition) is 2. The molecule has 2 amide bonds. The molecule has 0 aliphatic carbocycles. The number of nitrogens with one attached hydrogen (secondary N) is 2. The molecule has 5 rings (SSSR count). The van der Waals surface area contributed by atoms with Gasteiger partial charge in [0.05, 0.1) is 24.4 Å². The molecule has 1 aromatic carbocycles. The molecule has 2 saturated heterocycles. The summed E-state index contributed by atoms with van der Waals surface area (Å²) in [5, 5.41) is 2.76. The van der Waals surface area contributed by atoms with E-state index in [0.717, 1.165) is 50.5 Å². The van der Waals surface area contributed by atoms with Gasteiger partial charge in [-0.3, -0.25) is 14.5 Å². The van der Waals surface area contributed by atoms with E-state index in [1.807, 2.05) is 18.7 Å². The number of ether oxygens (including phenoxy) is 1. The predicted octanol–water partition coefficient (Wildman–Crippen LogP) is 2.81. The van der Waals surface area contributed by atoms with Gasteiger partial charge in [-0.05, 0) is 50.1 Å². The molecular weight excluding hydrogens is 411 g/mol. The van der Waals surface area contributed by atoms with E-state index in [1.165, 1.54) is 12.1 Å². The third-order valence-electron chi connectivity index (χ3n) is 6.76. The Hall–Kier alpha value is -2.97. The number of amides is 2. The highest BCUT2D eigenvalue weighted by Crippen LogP contribution is 2.34. The van der Waals surface area contributed by atoms with Gasteiger partial charge in [0.15, 0.2) is 0 Å². The normalized spacial score (nSPS) is 22.5. The standard InChI is InChI=1S/C24H27FN4O3/c1-14-21(12-19-18-11-16(25)3-4-20(18)27-23(19)30)26-15(2)22(14)24(31)29-6-5-17(13-29)28-7-9-32-10-8-28/h3-4,11-12,17,26H,5-10,13H2,1-2H3,(H,27,30)/b19-12-. The van der Waals surface area contributed by atoms with Crippen LogP contribution < -0.4 is 5.32 Å². The van der Waals surface area contributed by atoms with Crippen molar-refractivity contribution in [2.45, 2.75) is 26.3 Å². The number of fused-ring (bicyclic) bond motifs is 1. The quantitative estimate of drug-likeness (QED) is 0.723. The number of benzene rings is 1. The number of H-pyrrole nitrogens is 1. The SMILES string of the molecule is Cc1[nH]c(/C=C2\C(=O)Nc3ccc(F)cc32)c(C)c1C(=O)N1CCC(N2CCOCC2)C1. The zero-order chi connectivity index (χ0) is 22.4. The number of likely N-dealkylation sites (tertiary alicyclic amines) is 1. The van der Waals surface area contributed by atoms with Crippen molar-refractivity contribution in [3.8, 4) is 0 Å². The third kappa shape index (κ3) is 3.63. The molecule has 168 valence electrons. The Morgan fingerprint density at radius 3 is 2.78 bits per heavy atom. The summed E-state index contributed by atoms with van der Waals surface area (Å²) in [7, 11) is 0. The molecule has 0 saturated carbocycles. The van der Waals surface area contributed by atoms with Crippen LogP contribution in [0.25, 0.3) is 11.6 Å². The lowest BCUT2D eigenvalue weighted by molar-refractivity contribution is -0.110. The number of aryl methyl sites for hydroxylation is 1. The average molecular weight is 439 g/mol. The molecule has 1 aromatic heterocycles. The number of anilines is 1. The van der Waals surface area contributed by atoms with Crippen molar-refractivity contribution in [2.75, 3.05) is 44.7 Å². The second-order valence-corrected chi connectivity index (χ2v) is 8.71. The number of carbonyl (C=O) groups excluding carboxylic acids is 2. The first kappa shape index (κ1) is 20.9. The van der Waals surface area contributed by atoms with Crippen molar-refractivity contribution in [1.82, 2.24) is 14.8 Å². The van der Waals surface area contributed by atoms with Gasteiger partial charge in [0, 0.05) is 54.9 Å². The van der Waals surface area contributed by atoms with Crippen molar-refractivity contribution in [1.29, 1.82) is 0 Å². The van der Waals surface area contributed by atoms with Gasteiger partial charge < -0.3 is 19.9 Å². The lowest BCUT2D eigenvalue weighted by Gasteiger charge is -2.32. The number of aromatic nitrogens is 1. The van der Waals surface area contributed by atoms with E-state index in [0.29, 0.717) is 40.7 Å². The molecule has 2 fully saturated rings. The minimum absolute atomic E-state index is 0.0129. The zero-order valence-corrected chi connectivity index (χ0v) is 18.3. The maximum absolute atomic E-state index is 13.8. The van der Waals surface area contributed by atoms with Gasteiger partial charge in [0.2, 0.25) is 0 Å². The zero-order valence-electron chi connectivity index (χ0n) is 18.3. The Bertz CT molecular complexity index is 1120. The predicted molar refractivity (Wildman–Crippen MR) is 120 cm³/mol. The molecule has 1 unspecified atom stereocenters. The van der Waals surface area contributed by atoms with Crippen molar-refractivity contribution in [3.05, 3.63) is 52.1 Å². The first-order valence-corrected chi connectivity index (χ1v) is 11.1. The maximum atomic E-state index is 13.8. The van der Waals surface area contributed by atoms with E-state index in [4.69, 9.17) is 4.74 Å². The molecule has 0 radical (unpaired) electrons. The van der Waals surface area contributed by atoms with Crippen LogP contribution in [0, 0.1) is 19.7 Å². The molecule has 2 N–H and O–H groups in total. The number of nitrogens with zero attached hydrogens (tertiary/aromatic N) is 2. The highest BCUT2D eigenvalue weighted by molar-refractivity contribution is 6.34. The summed E-state index contributed by atoms with van der Waals surface area (Å²) in [6.45, 7) is 8.54. The lowest BCUT2D eigenvalue weighted by Crippen LogP contribution is -2.45. The summed E-state index contributed by atoms with van der Waals surface area (Å²) in [4.78, 5) is 33.5. The summed E-state index contributed by atoms with van der Waals surface area (Å²) in [5.41, 5.74) is 4.42. The minimum atomic E-state index is -0.398. The van der Waals surface area contributed by atoms with Gasteiger partial charge in [0.1, 0.15) is 5.82 Å². The summed E-state index contributed by atoms with van der Waals surface area (Å²) >= 11 is 0. The van der Waals surface area contributed by atoms with E-state index in [9.17, 15) is 14.0 Å². The van der Waals surface area contributed by atoms with E-state index >= 15 is 0 Å². The Labute approximate surface area is 186 Å². The van der Waals surface area contributed by atoms with Crippen LogP contribution in [-0.4, -0.2) is 72.0 Å². The molecule has 1 atom stereocenters. The Balaban J connectivity index is 1.39. The van der Waals surface area contributed by atoms with Crippen molar-refractivity contribution in [2.24, 2.45) is 0 Å². The smallest absolute Gasteiger partial charge is 0.256 e. The van der Waals surface area contributed by atoms with Crippen LogP contribution in [0.15, 0.2) is 18.2 Å². The van der Waals surface area contributed by atoms with Crippen LogP contribution in [0.2, 0.25) is 0 Å². The molecule has 7 nitrogen and oxygen atoms in total. The molecular formula is C24H27FN4O3. The average Bonchev–Trinajstić information content (AvgIpc) is 3.46. The number of halogens is 1. The van der Waals surface area contributed by atoms with Gasteiger partial charge >= 0.3 is 0 Å².